The number of alkyl halides is 1. The van der Waals surface area contributed by atoms with Gasteiger partial charge < -0.3 is 19.9 Å². The van der Waals surface area contributed by atoms with Crippen LogP contribution in [0.5, 0.6) is 0 Å². The number of alkyl carbamates (subject to hydrolysis) is 1. The second-order valence-corrected chi connectivity index (χ2v) is 8.09. The van der Waals surface area contributed by atoms with E-state index in [0.717, 1.165) is 0 Å². The summed E-state index contributed by atoms with van der Waals surface area (Å²) in [7, 11) is 0. The van der Waals surface area contributed by atoms with Gasteiger partial charge in [-0.3, -0.25) is 0 Å². The maximum absolute atomic E-state index is 11.8. The van der Waals surface area contributed by atoms with Crippen LogP contribution in [0, 0.1) is 0 Å². The SMILES string of the molecule is CC(C)(C)OC(=O)N[C@@H](CCO)C(=O)OC(C)(C)I. The molecular formula is C12H22INO5. The Morgan fingerprint density at radius 2 is 1.74 bits per heavy atom. The van der Waals surface area contributed by atoms with Crippen molar-refractivity contribution in [2.24, 2.45) is 0 Å². The first-order valence-electron chi connectivity index (χ1n) is 5.97. The zero-order valence-electron chi connectivity index (χ0n) is 11.9. The quantitative estimate of drug-likeness (QED) is 0.428. The smallest absolute Gasteiger partial charge is 0.408 e. The van der Waals surface area contributed by atoms with Gasteiger partial charge in [0.1, 0.15) is 11.6 Å². The van der Waals surface area contributed by atoms with E-state index >= 15 is 0 Å². The number of aliphatic hydroxyl groups is 1. The van der Waals surface area contributed by atoms with Gasteiger partial charge in [-0.2, -0.15) is 0 Å². The van der Waals surface area contributed by atoms with Gasteiger partial charge >= 0.3 is 12.1 Å². The third-order valence-corrected chi connectivity index (χ3v) is 1.96. The first kappa shape index (κ1) is 18.4. The van der Waals surface area contributed by atoms with Crippen molar-refractivity contribution in [2.75, 3.05) is 6.61 Å². The molecule has 0 rings (SSSR count). The highest BCUT2D eigenvalue weighted by molar-refractivity contribution is 14.1. The lowest BCUT2D eigenvalue weighted by atomic mass is 10.2. The molecule has 0 aromatic carbocycles. The summed E-state index contributed by atoms with van der Waals surface area (Å²) in [6, 6.07) is -0.922. The molecule has 0 aliphatic heterocycles. The number of ether oxygens (including phenoxy) is 2. The summed E-state index contributed by atoms with van der Waals surface area (Å²) in [6.45, 7) is 8.36. The van der Waals surface area contributed by atoms with Gasteiger partial charge in [0.05, 0.1) is 0 Å². The van der Waals surface area contributed by atoms with E-state index in [2.05, 4.69) is 5.32 Å². The number of aliphatic hydroxyl groups excluding tert-OH is 1. The Morgan fingerprint density at radius 1 is 1.21 bits per heavy atom. The molecule has 0 aromatic rings. The molecule has 0 spiro atoms. The van der Waals surface area contributed by atoms with Gasteiger partial charge in [0.25, 0.3) is 0 Å². The summed E-state index contributed by atoms with van der Waals surface area (Å²) in [6.07, 6.45) is -0.640. The first-order valence-corrected chi connectivity index (χ1v) is 7.04. The Morgan fingerprint density at radius 3 is 2.11 bits per heavy atom. The fraction of sp³-hybridized carbons (Fsp3) is 0.833. The number of nitrogens with one attached hydrogen (secondary N) is 1. The number of rotatable bonds is 5. The van der Waals surface area contributed by atoms with Crippen molar-refractivity contribution >= 4 is 34.7 Å². The second-order valence-electron chi connectivity index (χ2n) is 5.50. The summed E-state index contributed by atoms with van der Waals surface area (Å²) in [4.78, 5) is 23.4. The van der Waals surface area contributed by atoms with Crippen LogP contribution in [0.3, 0.4) is 0 Å². The van der Waals surface area contributed by atoms with Gasteiger partial charge in [0, 0.05) is 13.0 Å². The average Bonchev–Trinajstić information content (AvgIpc) is 2.10. The fourth-order valence-electron chi connectivity index (χ4n) is 1.14. The molecule has 112 valence electrons. The molecule has 0 aliphatic carbocycles. The molecule has 0 aromatic heterocycles. The topological polar surface area (TPSA) is 84.9 Å². The fourth-order valence-corrected chi connectivity index (χ4v) is 1.36. The van der Waals surface area contributed by atoms with Gasteiger partial charge in [-0.05, 0) is 57.2 Å². The van der Waals surface area contributed by atoms with Crippen LogP contribution in [-0.4, -0.2) is 39.0 Å². The monoisotopic (exact) mass is 387 g/mol. The molecule has 1 atom stereocenters. The lowest BCUT2D eigenvalue weighted by Gasteiger charge is -2.25. The average molecular weight is 387 g/mol. The lowest BCUT2D eigenvalue weighted by molar-refractivity contribution is -0.151. The van der Waals surface area contributed by atoms with Gasteiger partial charge in [0.2, 0.25) is 0 Å². The van der Waals surface area contributed by atoms with Crippen molar-refractivity contribution in [3.8, 4) is 0 Å². The number of halogens is 1. The van der Waals surface area contributed by atoms with E-state index in [0.29, 0.717) is 0 Å². The van der Waals surface area contributed by atoms with E-state index in [4.69, 9.17) is 14.6 Å². The molecule has 0 bridgehead atoms. The molecule has 0 radical (unpaired) electrons. The van der Waals surface area contributed by atoms with Crippen molar-refractivity contribution in [1.29, 1.82) is 0 Å². The van der Waals surface area contributed by atoms with E-state index < -0.39 is 27.3 Å². The van der Waals surface area contributed by atoms with Crippen molar-refractivity contribution in [2.45, 2.75) is 56.3 Å². The van der Waals surface area contributed by atoms with Crippen LogP contribution < -0.4 is 5.32 Å². The molecule has 0 heterocycles. The van der Waals surface area contributed by atoms with Crippen LogP contribution in [0.4, 0.5) is 4.79 Å². The molecule has 0 aliphatic rings. The Bertz CT molecular complexity index is 319. The molecule has 2 N–H and O–H groups in total. The third kappa shape index (κ3) is 9.94. The summed E-state index contributed by atoms with van der Waals surface area (Å²) >= 11 is 1.96. The molecular weight excluding hydrogens is 365 g/mol. The van der Waals surface area contributed by atoms with Crippen LogP contribution in [0.2, 0.25) is 0 Å². The van der Waals surface area contributed by atoms with Crippen LogP contribution in [-0.2, 0) is 14.3 Å². The van der Waals surface area contributed by atoms with Crippen LogP contribution in [0.1, 0.15) is 41.0 Å². The standard InChI is InChI=1S/C12H22INO5/c1-11(2,3)19-10(17)14-8(6-7-15)9(16)18-12(4,5)13/h8,15H,6-7H2,1-5H3,(H,14,17)/t8-/m0/s1. The summed E-state index contributed by atoms with van der Waals surface area (Å²) in [5.74, 6) is -0.598. The third-order valence-electron chi connectivity index (χ3n) is 1.74. The number of esters is 1. The van der Waals surface area contributed by atoms with E-state index in [1.807, 2.05) is 22.6 Å². The second kappa shape index (κ2) is 7.28. The van der Waals surface area contributed by atoms with Crippen LogP contribution >= 0.6 is 22.6 Å². The molecule has 7 heteroatoms. The van der Waals surface area contributed by atoms with E-state index in [1.54, 1.807) is 34.6 Å². The Labute approximate surface area is 127 Å². The molecule has 0 saturated heterocycles. The molecule has 0 fully saturated rings. The molecule has 19 heavy (non-hydrogen) atoms. The van der Waals surface area contributed by atoms with E-state index in [9.17, 15) is 9.59 Å². The highest BCUT2D eigenvalue weighted by Crippen LogP contribution is 2.19. The van der Waals surface area contributed by atoms with E-state index in [-0.39, 0.29) is 13.0 Å². The number of carbonyl (C=O) groups is 2. The maximum atomic E-state index is 11.8. The number of carbonyl (C=O) groups excluding carboxylic acids is 2. The summed E-state index contributed by atoms with van der Waals surface area (Å²) in [5.41, 5.74) is -0.652. The van der Waals surface area contributed by atoms with Gasteiger partial charge in [-0.1, -0.05) is 0 Å². The molecule has 1 amide bonds. The summed E-state index contributed by atoms with van der Waals surface area (Å²) in [5, 5.41) is 11.3. The highest BCUT2D eigenvalue weighted by atomic mass is 127. The molecule has 0 unspecified atom stereocenters. The lowest BCUT2D eigenvalue weighted by Crippen LogP contribution is -2.46. The van der Waals surface area contributed by atoms with Crippen molar-refractivity contribution in [3.05, 3.63) is 0 Å². The van der Waals surface area contributed by atoms with Gasteiger partial charge in [-0.15, -0.1) is 0 Å². The number of amides is 1. The van der Waals surface area contributed by atoms with Crippen molar-refractivity contribution in [1.82, 2.24) is 5.32 Å². The van der Waals surface area contributed by atoms with E-state index in [1.165, 1.54) is 0 Å². The summed E-state index contributed by atoms with van der Waals surface area (Å²) < 4.78 is 9.52. The minimum Gasteiger partial charge on any atom is -0.447 e. The number of hydrogen-bond acceptors (Lipinski definition) is 5. The minimum atomic E-state index is -0.922. The van der Waals surface area contributed by atoms with Gasteiger partial charge in [0.15, 0.2) is 3.61 Å². The predicted molar refractivity (Wildman–Crippen MR) is 79.1 cm³/mol. The first-order chi connectivity index (χ1) is 8.44. The molecule has 6 nitrogen and oxygen atoms in total. The van der Waals surface area contributed by atoms with Crippen LogP contribution in [0.15, 0.2) is 0 Å². The zero-order valence-corrected chi connectivity index (χ0v) is 14.1. The Balaban J connectivity index is 4.57. The Hall–Kier alpha value is -0.570. The number of hydrogen-bond donors (Lipinski definition) is 2. The predicted octanol–water partition coefficient (Wildman–Crippen LogP) is 1.98. The van der Waals surface area contributed by atoms with Gasteiger partial charge in [-0.25, -0.2) is 9.59 Å². The minimum absolute atomic E-state index is 0.0742. The maximum Gasteiger partial charge on any atom is 0.408 e. The van der Waals surface area contributed by atoms with Crippen LogP contribution in [0.25, 0.3) is 0 Å². The zero-order chi connectivity index (χ0) is 15.3. The normalized spacial score (nSPS) is 13.6. The highest BCUT2D eigenvalue weighted by Gasteiger charge is 2.28. The molecule has 0 saturated carbocycles. The Kier molecular flexibility index (Phi) is 7.06. The largest absolute Gasteiger partial charge is 0.447 e. The van der Waals surface area contributed by atoms with Crippen molar-refractivity contribution in [3.63, 3.8) is 0 Å². The van der Waals surface area contributed by atoms with Crippen molar-refractivity contribution < 1.29 is 24.2 Å².